The lowest BCUT2D eigenvalue weighted by molar-refractivity contribution is 0.0935. The molecule has 0 fully saturated rings. The average Bonchev–Trinajstić information content (AvgIpc) is 2.92. The van der Waals surface area contributed by atoms with Crippen LogP contribution < -0.4 is 11.1 Å². The Morgan fingerprint density at radius 3 is 2.85 bits per heavy atom. The topological polar surface area (TPSA) is 84.4 Å². The summed E-state index contributed by atoms with van der Waals surface area (Å²) in [5.74, 6) is 0.505. The van der Waals surface area contributed by atoms with Crippen LogP contribution in [-0.4, -0.2) is 36.4 Å². The van der Waals surface area contributed by atoms with Gasteiger partial charge in [-0.05, 0) is 38.4 Å². The SMILES string of the molecule is CN(C)C(CNC(=O)c1ncccc1N)c1ccco1. The number of nitrogen functional groups attached to an aromatic ring is 1. The van der Waals surface area contributed by atoms with Gasteiger partial charge in [0.15, 0.2) is 5.69 Å². The van der Waals surface area contributed by atoms with Gasteiger partial charge in [-0.2, -0.15) is 0 Å². The Morgan fingerprint density at radius 2 is 2.25 bits per heavy atom. The lowest BCUT2D eigenvalue weighted by Crippen LogP contribution is -2.35. The van der Waals surface area contributed by atoms with Crippen molar-refractivity contribution in [2.24, 2.45) is 0 Å². The van der Waals surface area contributed by atoms with Gasteiger partial charge in [0, 0.05) is 12.7 Å². The van der Waals surface area contributed by atoms with Crippen molar-refractivity contribution in [2.45, 2.75) is 6.04 Å². The van der Waals surface area contributed by atoms with E-state index < -0.39 is 0 Å². The minimum absolute atomic E-state index is 0.0427. The van der Waals surface area contributed by atoms with Gasteiger partial charge in [0.25, 0.3) is 5.91 Å². The van der Waals surface area contributed by atoms with E-state index in [-0.39, 0.29) is 17.6 Å². The van der Waals surface area contributed by atoms with Crippen molar-refractivity contribution < 1.29 is 9.21 Å². The van der Waals surface area contributed by atoms with Gasteiger partial charge >= 0.3 is 0 Å². The molecule has 2 aromatic rings. The van der Waals surface area contributed by atoms with Gasteiger partial charge in [-0.25, -0.2) is 4.98 Å². The number of carbonyl (C=O) groups is 1. The lowest BCUT2D eigenvalue weighted by atomic mass is 10.2. The summed E-state index contributed by atoms with van der Waals surface area (Å²) in [7, 11) is 3.85. The molecule has 0 aromatic carbocycles. The molecule has 0 spiro atoms. The Bertz CT molecular complexity index is 566. The summed E-state index contributed by atoms with van der Waals surface area (Å²) < 4.78 is 5.39. The third-order valence-electron chi connectivity index (χ3n) is 3.00. The van der Waals surface area contributed by atoms with Gasteiger partial charge < -0.3 is 15.5 Å². The third kappa shape index (κ3) is 3.16. The predicted molar refractivity (Wildman–Crippen MR) is 76.1 cm³/mol. The fourth-order valence-corrected chi connectivity index (χ4v) is 1.90. The second-order valence-electron chi connectivity index (χ2n) is 4.65. The van der Waals surface area contributed by atoms with Gasteiger partial charge in [-0.3, -0.25) is 9.69 Å². The predicted octanol–water partition coefficient (Wildman–Crippen LogP) is 1.29. The van der Waals surface area contributed by atoms with Crippen molar-refractivity contribution in [1.82, 2.24) is 15.2 Å². The first kappa shape index (κ1) is 14.1. The maximum atomic E-state index is 12.1. The molecule has 1 atom stereocenters. The zero-order chi connectivity index (χ0) is 14.5. The summed E-state index contributed by atoms with van der Waals surface area (Å²) in [5.41, 5.74) is 6.34. The number of carbonyl (C=O) groups excluding carboxylic acids is 1. The number of furan rings is 1. The van der Waals surface area contributed by atoms with Crippen LogP contribution in [0, 0.1) is 0 Å². The van der Waals surface area contributed by atoms with Crippen LogP contribution in [0.5, 0.6) is 0 Å². The van der Waals surface area contributed by atoms with Crippen LogP contribution in [0.3, 0.4) is 0 Å². The van der Waals surface area contributed by atoms with Crippen LogP contribution in [-0.2, 0) is 0 Å². The van der Waals surface area contributed by atoms with Crippen LogP contribution >= 0.6 is 0 Å². The van der Waals surface area contributed by atoms with Crippen molar-refractivity contribution in [3.8, 4) is 0 Å². The molecular weight excluding hydrogens is 256 g/mol. The summed E-state index contributed by atoms with van der Waals surface area (Å²) in [5, 5.41) is 2.83. The first-order valence-electron chi connectivity index (χ1n) is 6.28. The Balaban J connectivity index is 2.03. The van der Waals surface area contributed by atoms with Crippen molar-refractivity contribution in [1.29, 1.82) is 0 Å². The summed E-state index contributed by atoms with van der Waals surface area (Å²) >= 11 is 0. The Hall–Kier alpha value is -2.34. The maximum absolute atomic E-state index is 12.1. The van der Waals surface area contributed by atoms with Gasteiger partial charge in [0.2, 0.25) is 0 Å². The molecule has 1 amide bonds. The first-order valence-corrected chi connectivity index (χ1v) is 6.28. The Morgan fingerprint density at radius 1 is 1.45 bits per heavy atom. The maximum Gasteiger partial charge on any atom is 0.272 e. The van der Waals surface area contributed by atoms with Crippen LogP contribution in [0.15, 0.2) is 41.1 Å². The molecule has 0 saturated heterocycles. The number of nitrogens with two attached hydrogens (primary N) is 1. The number of amides is 1. The quantitative estimate of drug-likeness (QED) is 0.858. The third-order valence-corrected chi connectivity index (χ3v) is 3.00. The molecule has 6 heteroatoms. The van der Waals surface area contributed by atoms with E-state index in [1.54, 1.807) is 24.6 Å². The Labute approximate surface area is 117 Å². The minimum atomic E-state index is -0.290. The molecule has 1 unspecified atom stereocenters. The molecule has 3 N–H and O–H groups in total. The normalized spacial score (nSPS) is 12.3. The second-order valence-corrected chi connectivity index (χ2v) is 4.65. The fraction of sp³-hybridized carbons (Fsp3) is 0.286. The smallest absolute Gasteiger partial charge is 0.272 e. The van der Waals surface area contributed by atoms with Gasteiger partial charge in [-0.15, -0.1) is 0 Å². The van der Waals surface area contributed by atoms with Crippen LogP contribution in [0.25, 0.3) is 0 Å². The molecule has 0 bridgehead atoms. The molecular formula is C14H18N4O2. The van der Waals surface area contributed by atoms with E-state index in [0.29, 0.717) is 12.2 Å². The molecule has 0 aliphatic rings. The van der Waals surface area contributed by atoms with E-state index in [2.05, 4.69) is 10.3 Å². The first-order chi connectivity index (χ1) is 9.59. The second kappa shape index (κ2) is 6.21. The molecule has 0 radical (unpaired) electrons. The number of likely N-dealkylation sites (N-methyl/N-ethyl adjacent to an activating group) is 1. The van der Waals surface area contributed by atoms with Crippen molar-refractivity contribution in [3.63, 3.8) is 0 Å². The minimum Gasteiger partial charge on any atom is -0.468 e. The Kier molecular flexibility index (Phi) is 4.37. The highest BCUT2D eigenvalue weighted by Crippen LogP contribution is 2.17. The van der Waals surface area contributed by atoms with Crippen molar-refractivity contribution in [2.75, 3.05) is 26.4 Å². The van der Waals surface area contributed by atoms with E-state index in [4.69, 9.17) is 10.2 Å². The summed E-state index contributed by atoms with van der Waals surface area (Å²) in [6.45, 7) is 0.412. The fourth-order valence-electron chi connectivity index (χ4n) is 1.90. The number of pyridine rings is 1. The lowest BCUT2D eigenvalue weighted by Gasteiger charge is -2.22. The number of anilines is 1. The average molecular weight is 274 g/mol. The summed E-state index contributed by atoms with van der Waals surface area (Å²) in [6.07, 6.45) is 3.16. The molecule has 2 rings (SSSR count). The largest absolute Gasteiger partial charge is 0.468 e. The highest BCUT2D eigenvalue weighted by atomic mass is 16.3. The van der Waals surface area contributed by atoms with E-state index >= 15 is 0 Å². The zero-order valence-corrected chi connectivity index (χ0v) is 11.5. The summed E-state index contributed by atoms with van der Waals surface area (Å²) in [4.78, 5) is 18.0. The van der Waals surface area contributed by atoms with Crippen LogP contribution in [0.2, 0.25) is 0 Å². The highest BCUT2D eigenvalue weighted by molar-refractivity contribution is 5.96. The highest BCUT2D eigenvalue weighted by Gasteiger charge is 2.19. The molecule has 2 aromatic heterocycles. The molecule has 20 heavy (non-hydrogen) atoms. The number of nitrogens with one attached hydrogen (secondary N) is 1. The molecule has 0 aliphatic heterocycles. The van der Waals surface area contributed by atoms with E-state index in [0.717, 1.165) is 5.76 Å². The molecule has 6 nitrogen and oxygen atoms in total. The monoisotopic (exact) mass is 274 g/mol. The van der Waals surface area contributed by atoms with Gasteiger partial charge in [0.1, 0.15) is 5.76 Å². The van der Waals surface area contributed by atoms with E-state index in [1.165, 1.54) is 0 Å². The van der Waals surface area contributed by atoms with Gasteiger partial charge in [-0.1, -0.05) is 0 Å². The number of nitrogens with zero attached hydrogens (tertiary/aromatic N) is 2. The number of hydrogen-bond acceptors (Lipinski definition) is 5. The zero-order valence-electron chi connectivity index (χ0n) is 11.5. The van der Waals surface area contributed by atoms with Crippen molar-refractivity contribution >= 4 is 11.6 Å². The van der Waals surface area contributed by atoms with Crippen LogP contribution in [0.4, 0.5) is 5.69 Å². The summed E-state index contributed by atoms with van der Waals surface area (Å²) in [6, 6.07) is 7.00. The number of aromatic nitrogens is 1. The molecule has 0 aliphatic carbocycles. The van der Waals surface area contributed by atoms with E-state index in [1.807, 2.05) is 31.1 Å². The molecule has 0 saturated carbocycles. The molecule has 2 heterocycles. The van der Waals surface area contributed by atoms with E-state index in [9.17, 15) is 4.79 Å². The number of hydrogen-bond donors (Lipinski definition) is 2. The van der Waals surface area contributed by atoms with Crippen LogP contribution in [0.1, 0.15) is 22.3 Å². The standard InChI is InChI=1S/C14H18N4O2/c1-18(2)11(12-6-4-8-20-12)9-17-14(19)13-10(15)5-3-7-16-13/h3-8,11H,9,15H2,1-2H3,(H,17,19). The van der Waals surface area contributed by atoms with Crippen molar-refractivity contribution in [3.05, 3.63) is 48.2 Å². The van der Waals surface area contributed by atoms with Gasteiger partial charge in [0.05, 0.1) is 18.0 Å². The molecule has 106 valence electrons. The number of rotatable bonds is 5.